The molecule has 1 saturated heterocycles. The summed E-state index contributed by atoms with van der Waals surface area (Å²) in [6, 6.07) is 12.6. The summed E-state index contributed by atoms with van der Waals surface area (Å²) in [7, 11) is 3.16. The summed E-state index contributed by atoms with van der Waals surface area (Å²) < 4.78 is 10.5. The molecule has 3 rings (SSSR count). The Kier molecular flexibility index (Phi) is 5.31. The van der Waals surface area contributed by atoms with Crippen LogP contribution in [0.3, 0.4) is 0 Å². The molecule has 128 valence electrons. The fourth-order valence-corrected chi connectivity index (χ4v) is 3.21. The number of halogens is 1. The Labute approximate surface area is 154 Å². The van der Waals surface area contributed by atoms with Crippen LogP contribution < -0.4 is 14.8 Å². The number of ether oxygens (including phenoxy) is 2. The topological polar surface area (TPSA) is 59.9 Å². The molecule has 0 unspecified atom stereocenters. The smallest absolute Gasteiger partial charge is 0.264 e. The summed E-state index contributed by atoms with van der Waals surface area (Å²) in [5.74, 6) is 1.09. The highest BCUT2D eigenvalue weighted by Crippen LogP contribution is 2.33. The van der Waals surface area contributed by atoms with Crippen molar-refractivity contribution >= 4 is 46.2 Å². The van der Waals surface area contributed by atoms with Crippen LogP contribution in [0.25, 0.3) is 6.08 Å². The molecule has 1 amide bonds. The Morgan fingerprint density at radius 1 is 1.16 bits per heavy atom. The third-order valence-electron chi connectivity index (χ3n) is 3.45. The molecule has 0 atom stereocenters. The number of methoxy groups -OCH3 is 2. The van der Waals surface area contributed by atoms with Crippen molar-refractivity contribution < 1.29 is 14.3 Å². The lowest BCUT2D eigenvalue weighted by Crippen LogP contribution is -2.19. The van der Waals surface area contributed by atoms with Crippen molar-refractivity contribution in [2.75, 3.05) is 14.2 Å². The van der Waals surface area contributed by atoms with Gasteiger partial charge in [-0.3, -0.25) is 4.79 Å². The molecule has 1 aliphatic rings. The Morgan fingerprint density at radius 2 is 1.96 bits per heavy atom. The zero-order chi connectivity index (χ0) is 17.8. The lowest BCUT2D eigenvalue weighted by atomic mass is 10.1. The second kappa shape index (κ2) is 7.63. The van der Waals surface area contributed by atoms with Gasteiger partial charge in [0.15, 0.2) is 5.17 Å². The van der Waals surface area contributed by atoms with Crippen LogP contribution in [0, 0.1) is 0 Å². The predicted molar refractivity (Wildman–Crippen MR) is 102 cm³/mol. The normalized spacial score (nSPS) is 17.0. The average Bonchev–Trinajstić information content (AvgIpc) is 2.96. The molecule has 1 heterocycles. The molecule has 1 N–H and O–H groups in total. The van der Waals surface area contributed by atoms with Crippen molar-refractivity contribution in [3.8, 4) is 11.5 Å². The van der Waals surface area contributed by atoms with Gasteiger partial charge in [-0.1, -0.05) is 23.7 Å². The SMILES string of the molecule is COc1ccc(C=C2SC(=Nc3ccccc3Cl)NC2=O)c(OC)c1. The first-order valence-electron chi connectivity index (χ1n) is 7.37. The summed E-state index contributed by atoms with van der Waals surface area (Å²) in [6.07, 6.45) is 1.76. The number of amides is 1. The number of nitrogens with one attached hydrogen (secondary N) is 1. The number of carbonyl (C=O) groups is 1. The molecular weight excluding hydrogens is 360 g/mol. The number of nitrogens with zero attached hydrogens (tertiary/aromatic N) is 1. The molecular formula is C18H15ClN2O3S. The van der Waals surface area contributed by atoms with Crippen LogP contribution in [-0.2, 0) is 4.79 Å². The van der Waals surface area contributed by atoms with E-state index in [4.69, 9.17) is 21.1 Å². The van der Waals surface area contributed by atoms with Crippen molar-refractivity contribution in [1.82, 2.24) is 5.32 Å². The van der Waals surface area contributed by atoms with Crippen LogP contribution in [0.15, 0.2) is 52.4 Å². The van der Waals surface area contributed by atoms with E-state index in [1.54, 1.807) is 38.5 Å². The van der Waals surface area contributed by atoms with Crippen LogP contribution in [-0.4, -0.2) is 25.3 Å². The Hall–Kier alpha value is -2.44. The van der Waals surface area contributed by atoms with Gasteiger partial charge in [-0.2, -0.15) is 0 Å². The lowest BCUT2D eigenvalue weighted by molar-refractivity contribution is -0.115. The van der Waals surface area contributed by atoms with Crippen LogP contribution in [0.5, 0.6) is 11.5 Å². The molecule has 1 fully saturated rings. The standard InChI is InChI=1S/C18H15ClN2O3S/c1-23-12-8-7-11(15(10-12)24-2)9-16-17(22)21-18(25-16)20-14-6-4-3-5-13(14)19/h3-10H,1-2H3,(H,20,21,22). The third kappa shape index (κ3) is 3.97. The molecule has 0 saturated carbocycles. The Bertz CT molecular complexity index is 880. The number of amidine groups is 1. The van der Waals surface area contributed by atoms with Gasteiger partial charge in [0.2, 0.25) is 0 Å². The summed E-state index contributed by atoms with van der Waals surface area (Å²) in [6.45, 7) is 0. The molecule has 0 bridgehead atoms. The summed E-state index contributed by atoms with van der Waals surface area (Å²) >= 11 is 7.35. The van der Waals surface area contributed by atoms with Crippen LogP contribution in [0.4, 0.5) is 5.69 Å². The molecule has 0 spiro atoms. The van der Waals surface area contributed by atoms with Crippen LogP contribution in [0.2, 0.25) is 5.02 Å². The molecule has 0 radical (unpaired) electrons. The molecule has 7 heteroatoms. The Morgan fingerprint density at radius 3 is 2.68 bits per heavy atom. The van der Waals surface area contributed by atoms with Gasteiger partial charge >= 0.3 is 0 Å². The zero-order valence-electron chi connectivity index (χ0n) is 13.6. The molecule has 0 aliphatic carbocycles. The minimum absolute atomic E-state index is 0.214. The Balaban J connectivity index is 1.88. The number of hydrogen-bond acceptors (Lipinski definition) is 5. The molecule has 2 aromatic rings. The van der Waals surface area contributed by atoms with Crippen molar-refractivity contribution in [1.29, 1.82) is 0 Å². The number of aliphatic imine (C=N–C) groups is 1. The third-order valence-corrected chi connectivity index (χ3v) is 4.68. The maximum Gasteiger partial charge on any atom is 0.264 e. The van der Waals surface area contributed by atoms with Crippen molar-refractivity contribution in [3.05, 3.63) is 58.0 Å². The second-order valence-electron chi connectivity index (χ2n) is 5.04. The van der Waals surface area contributed by atoms with Gasteiger partial charge in [-0.25, -0.2) is 4.99 Å². The highest BCUT2D eigenvalue weighted by atomic mass is 35.5. The summed E-state index contributed by atoms with van der Waals surface area (Å²) in [5, 5.41) is 3.75. The first-order valence-corrected chi connectivity index (χ1v) is 8.56. The zero-order valence-corrected chi connectivity index (χ0v) is 15.1. The van der Waals surface area contributed by atoms with E-state index in [9.17, 15) is 4.79 Å². The maximum absolute atomic E-state index is 12.2. The van der Waals surface area contributed by atoms with E-state index in [1.165, 1.54) is 11.8 Å². The molecule has 2 aromatic carbocycles. The second-order valence-corrected chi connectivity index (χ2v) is 6.48. The highest BCUT2D eigenvalue weighted by molar-refractivity contribution is 8.18. The van der Waals surface area contributed by atoms with Gasteiger partial charge in [0.05, 0.1) is 29.8 Å². The van der Waals surface area contributed by atoms with E-state index in [2.05, 4.69) is 10.3 Å². The molecule has 0 aromatic heterocycles. The summed E-state index contributed by atoms with van der Waals surface area (Å²) in [5.41, 5.74) is 1.38. The van der Waals surface area contributed by atoms with Gasteiger partial charge in [0, 0.05) is 11.6 Å². The van der Waals surface area contributed by atoms with Crippen molar-refractivity contribution in [2.24, 2.45) is 4.99 Å². The van der Waals surface area contributed by atoms with Crippen molar-refractivity contribution in [2.45, 2.75) is 0 Å². The number of thioether (sulfide) groups is 1. The van der Waals surface area contributed by atoms with Gasteiger partial charge in [0.1, 0.15) is 11.5 Å². The first kappa shape index (κ1) is 17.4. The van der Waals surface area contributed by atoms with Gasteiger partial charge in [0.25, 0.3) is 5.91 Å². The van der Waals surface area contributed by atoms with Crippen LogP contribution in [0.1, 0.15) is 5.56 Å². The number of para-hydroxylation sites is 1. The molecule has 5 nitrogen and oxygen atoms in total. The minimum atomic E-state index is -0.214. The number of rotatable bonds is 4. The van der Waals surface area contributed by atoms with Gasteiger partial charge in [-0.05, 0) is 42.1 Å². The fourth-order valence-electron chi connectivity index (χ4n) is 2.21. The van der Waals surface area contributed by atoms with E-state index in [1.807, 2.05) is 24.3 Å². The van der Waals surface area contributed by atoms with Gasteiger partial charge in [-0.15, -0.1) is 0 Å². The highest BCUT2D eigenvalue weighted by Gasteiger charge is 2.24. The molecule has 25 heavy (non-hydrogen) atoms. The lowest BCUT2D eigenvalue weighted by Gasteiger charge is -2.07. The number of benzene rings is 2. The molecule has 1 aliphatic heterocycles. The van der Waals surface area contributed by atoms with Crippen molar-refractivity contribution in [3.63, 3.8) is 0 Å². The average molecular weight is 375 g/mol. The first-order chi connectivity index (χ1) is 12.1. The predicted octanol–water partition coefficient (Wildman–Crippen LogP) is 4.25. The number of hydrogen-bond donors (Lipinski definition) is 1. The monoisotopic (exact) mass is 374 g/mol. The summed E-state index contributed by atoms with van der Waals surface area (Å²) in [4.78, 5) is 17.1. The van der Waals surface area contributed by atoms with E-state index in [0.29, 0.717) is 32.3 Å². The quantitative estimate of drug-likeness (QED) is 0.813. The van der Waals surface area contributed by atoms with Crippen LogP contribution >= 0.6 is 23.4 Å². The van der Waals surface area contributed by atoms with E-state index >= 15 is 0 Å². The van der Waals surface area contributed by atoms with E-state index < -0.39 is 0 Å². The number of carbonyl (C=O) groups excluding carboxylic acids is 1. The van der Waals surface area contributed by atoms with E-state index in [-0.39, 0.29) is 5.91 Å². The largest absolute Gasteiger partial charge is 0.497 e. The maximum atomic E-state index is 12.2. The minimum Gasteiger partial charge on any atom is -0.497 e. The van der Waals surface area contributed by atoms with Gasteiger partial charge < -0.3 is 14.8 Å². The van der Waals surface area contributed by atoms with E-state index in [0.717, 1.165) is 5.56 Å². The fraction of sp³-hybridized carbons (Fsp3) is 0.111.